The smallest absolute Gasteiger partial charge is 0.422 e. The number of unbranched alkanes of at least 4 members (excludes halogenated alkanes) is 2. The SMILES string of the molecule is CN(CCCCCC1CC(c2cccc(F)c2)NN1)C(=O)c1cccnc1OCC(F)(F)F. The number of hydrogen-bond acceptors (Lipinski definition) is 5. The lowest BCUT2D eigenvalue weighted by atomic mass is 9.99. The summed E-state index contributed by atoms with van der Waals surface area (Å²) in [7, 11) is 1.61. The number of aromatic nitrogens is 1. The molecular formula is C23H28F4N4O2. The van der Waals surface area contributed by atoms with Crippen molar-refractivity contribution in [2.24, 2.45) is 0 Å². The first kappa shape index (κ1) is 24.9. The normalized spacial score (nSPS) is 18.3. The number of pyridine rings is 1. The molecule has 1 aliphatic rings. The van der Waals surface area contributed by atoms with Gasteiger partial charge in [-0.25, -0.2) is 9.37 Å². The highest BCUT2D eigenvalue weighted by atomic mass is 19.4. The molecule has 2 heterocycles. The van der Waals surface area contributed by atoms with Crippen molar-refractivity contribution in [3.05, 3.63) is 59.5 Å². The highest BCUT2D eigenvalue weighted by molar-refractivity contribution is 5.96. The molecule has 0 radical (unpaired) electrons. The average molecular weight is 468 g/mol. The maximum atomic E-state index is 13.4. The van der Waals surface area contributed by atoms with Crippen LogP contribution in [0.2, 0.25) is 0 Å². The Morgan fingerprint density at radius 3 is 2.76 bits per heavy atom. The van der Waals surface area contributed by atoms with E-state index in [-0.39, 0.29) is 29.3 Å². The van der Waals surface area contributed by atoms with Gasteiger partial charge in [-0.15, -0.1) is 0 Å². The molecule has 33 heavy (non-hydrogen) atoms. The zero-order valence-electron chi connectivity index (χ0n) is 18.4. The largest absolute Gasteiger partial charge is 0.467 e. The van der Waals surface area contributed by atoms with E-state index < -0.39 is 18.7 Å². The minimum atomic E-state index is -4.51. The van der Waals surface area contributed by atoms with E-state index in [0.29, 0.717) is 6.54 Å². The van der Waals surface area contributed by atoms with Gasteiger partial charge in [-0.3, -0.25) is 15.6 Å². The molecule has 0 spiro atoms. The van der Waals surface area contributed by atoms with Crippen LogP contribution in [0.4, 0.5) is 17.6 Å². The zero-order valence-corrected chi connectivity index (χ0v) is 18.4. The standard InChI is InChI=1S/C23H28F4N4O2/c1-31(22(32)19-10-6-11-28-21(19)33-15-23(25,26)27)12-4-2-3-9-18-14-20(30-29-18)16-7-5-8-17(24)13-16/h5-8,10-11,13,18,20,29-30H,2-4,9,12,14-15H2,1H3. The maximum absolute atomic E-state index is 13.4. The lowest BCUT2D eigenvalue weighted by Crippen LogP contribution is -2.31. The third-order valence-corrected chi connectivity index (χ3v) is 5.50. The summed E-state index contributed by atoms with van der Waals surface area (Å²) in [6.45, 7) is -1.03. The van der Waals surface area contributed by atoms with Crippen molar-refractivity contribution in [3.8, 4) is 5.88 Å². The monoisotopic (exact) mass is 468 g/mol. The van der Waals surface area contributed by atoms with E-state index in [1.54, 1.807) is 13.1 Å². The van der Waals surface area contributed by atoms with Crippen molar-refractivity contribution in [3.63, 3.8) is 0 Å². The first-order valence-electron chi connectivity index (χ1n) is 10.9. The molecule has 1 aromatic heterocycles. The van der Waals surface area contributed by atoms with Crippen LogP contribution >= 0.6 is 0 Å². The van der Waals surface area contributed by atoms with Gasteiger partial charge in [-0.2, -0.15) is 13.2 Å². The molecule has 1 aromatic carbocycles. The Morgan fingerprint density at radius 1 is 1.18 bits per heavy atom. The molecule has 0 saturated carbocycles. The fraction of sp³-hybridized carbons (Fsp3) is 0.478. The Hall–Kier alpha value is -2.72. The van der Waals surface area contributed by atoms with Gasteiger partial charge >= 0.3 is 6.18 Å². The fourth-order valence-electron chi connectivity index (χ4n) is 3.80. The number of hydrogen-bond donors (Lipinski definition) is 2. The highest BCUT2D eigenvalue weighted by Gasteiger charge is 2.30. The van der Waals surface area contributed by atoms with E-state index in [9.17, 15) is 22.4 Å². The van der Waals surface area contributed by atoms with Gasteiger partial charge in [0.1, 0.15) is 11.4 Å². The number of amides is 1. The molecule has 1 fully saturated rings. The number of benzene rings is 1. The van der Waals surface area contributed by atoms with Crippen LogP contribution in [0.5, 0.6) is 5.88 Å². The number of carbonyl (C=O) groups is 1. The summed E-state index contributed by atoms with van der Waals surface area (Å²) in [6.07, 6.45) is 1.18. The van der Waals surface area contributed by atoms with Gasteiger partial charge in [-0.05, 0) is 49.1 Å². The summed E-state index contributed by atoms with van der Waals surface area (Å²) in [4.78, 5) is 17.9. The second kappa shape index (κ2) is 11.4. The van der Waals surface area contributed by atoms with Gasteiger partial charge < -0.3 is 9.64 Å². The molecule has 2 atom stereocenters. The number of ether oxygens (including phenoxy) is 1. The lowest BCUT2D eigenvalue weighted by molar-refractivity contribution is -0.154. The van der Waals surface area contributed by atoms with Crippen LogP contribution in [-0.2, 0) is 0 Å². The second-order valence-corrected chi connectivity index (χ2v) is 8.16. The average Bonchev–Trinajstić information content (AvgIpc) is 3.25. The van der Waals surface area contributed by atoms with Crippen molar-refractivity contribution in [1.29, 1.82) is 0 Å². The van der Waals surface area contributed by atoms with E-state index in [1.165, 1.54) is 35.4 Å². The second-order valence-electron chi connectivity index (χ2n) is 8.16. The summed E-state index contributed by atoms with van der Waals surface area (Å²) >= 11 is 0. The first-order valence-corrected chi connectivity index (χ1v) is 10.9. The Bertz CT molecular complexity index is 925. The van der Waals surface area contributed by atoms with Gasteiger partial charge in [0.15, 0.2) is 6.61 Å². The van der Waals surface area contributed by atoms with E-state index in [0.717, 1.165) is 37.7 Å². The molecule has 2 unspecified atom stereocenters. The van der Waals surface area contributed by atoms with Gasteiger partial charge in [0.05, 0.1) is 0 Å². The van der Waals surface area contributed by atoms with Gasteiger partial charge in [-0.1, -0.05) is 25.0 Å². The minimum Gasteiger partial charge on any atom is -0.467 e. The molecule has 1 saturated heterocycles. The van der Waals surface area contributed by atoms with Crippen molar-refractivity contribution in [2.75, 3.05) is 20.2 Å². The van der Waals surface area contributed by atoms with Gasteiger partial charge in [0.2, 0.25) is 5.88 Å². The quantitative estimate of drug-likeness (QED) is 0.400. The topological polar surface area (TPSA) is 66.5 Å². The fourth-order valence-corrected chi connectivity index (χ4v) is 3.80. The third kappa shape index (κ3) is 7.68. The molecular weight excluding hydrogens is 440 g/mol. The van der Waals surface area contributed by atoms with Crippen LogP contribution in [0.3, 0.4) is 0 Å². The maximum Gasteiger partial charge on any atom is 0.422 e. The van der Waals surface area contributed by atoms with Crippen LogP contribution < -0.4 is 15.6 Å². The zero-order chi connectivity index (χ0) is 23.8. The first-order chi connectivity index (χ1) is 15.7. The van der Waals surface area contributed by atoms with E-state index in [1.807, 2.05) is 6.07 Å². The molecule has 1 aliphatic heterocycles. The molecule has 0 aliphatic carbocycles. The molecule has 1 amide bonds. The van der Waals surface area contributed by atoms with Crippen LogP contribution in [0.25, 0.3) is 0 Å². The van der Waals surface area contributed by atoms with Crippen LogP contribution in [0, 0.1) is 5.82 Å². The molecule has 10 heteroatoms. The van der Waals surface area contributed by atoms with E-state index in [2.05, 4.69) is 15.8 Å². The van der Waals surface area contributed by atoms with E-state index in [4.69, 9.17) is 4.74 Å². The lowest BCUT2D eigenvalue weighted by Gasteiger charge is -2.19. The number of nitrogens with one attached hydrogen (secondary N) is 2. The molecule has 2 N–H and O–H groups in total. The minimum absolute atomic E-state index is 0.00821. The third-order valence-electron chi connectivity index (χ3n) is 5.50. The summed E-state index contributed by atoms with van der Waals surface area (Å²) in [5, 5.41) is 0. The number of rotatable bonds is 10. The van der Waals surface area contributed by atoms with E-state index >= 15 is 0 Å². The molecule has 3 rings (SSSR count). The number of halogens is 4. The predicted octanol–water partition coefficient (Wildman–Crippen LogP) is 4.40. The summed E-state index contributed by atoms with van der Waals surface area (Å²) in [5.41, 5.74) is 7.39. The van der Waals surface area contributed by atoms with Crippen molar-refractivity contribution < 1.29 is 27.1 Å². The van der Waals surface area contributed by atoms with Crippen LogP contribution in [-0.4, -0.2) is 48.2 Å². The van der Waals surface area contributed by atoms with Crippen LogP contribution in [0.15, 0.2) is 42.6 Å². The summed E-state index contributed by atoms with van der Waals surface area (Å²) in [5.74, 6) is -0.999. The summed E-state index contributed by atoms with van der Waals surface area (Å²) < 4.78 is 55.4. The van der Waals surface area contributed by atoms with Crippen molar-refractivity contribution in [1.82, 2.24) is 20.7 Å². The molecule has 0 bridgehead atoms. The van der Waals surface area contributed by atoms with Crippen molar-refractivity contribution >= 4 is 5.91 Å². The molecule has 180 valence electrons. The van der Waals surface area contributed by atoms with Gasteiger partial charge in [0, 0.05) is 31.9 Å². The van der Waals surface area contributed by atoms with Gasteiger partial charge in [0.25, 0.3) is 5.91 Å². The Balaban J connectivity index is 1.38. The number of alkyl halides is 3. The predicted molar refractivity (Wildman–Crippen MR) is 115 cm³/mol. The Labute approximate surface area is 190 Å². The van der Waals surface area contributed by atoms with Crippen LogP contribution in [0.1, 0.15) is 54.1 Å². The van der Waals surface area contributed by atoms with Crippen molar-refractivity contribution in [2.45, 2.75) is 50.4 Å². The molecule has 2 aromatic rings. The number of carbonyl (C=O) groups excluding carboxylic acids is 1. The summed E-state index contributed by atoms with van der Waals surface area (Å²) in [6, 6.07) is 9.82. The Kier molecular flexibility index (Phi) is 8.62. The number of hydrazine groups is 1. The number of nitrogens with zero attached hydrogens (tertiary/aromatic N) is 2. The Morgan fingerprint density at radius 2 is 2.00 bits per heavy atom. The molecule has 6 nitrogen and oxygen atoms in total. The highest BCUT2D eigenvalue weighted by Crippen LogP contribution is 2.25.